The molecule has 0 aliphatic carbocycles. The second kappa shape index (κ2) is 7.76. The maximum Gasteiger partial charge on any atom is 0.410 e. The molecular formula is C23H27N3O5. The van der Waals surface area contributed by atoms with E-state index in [1.54, 1.807) is 23.1 Å². The first-order valence-corrected chi connectivity index (χ1v) is 10.3. The number of nitrogens with zero attached hydrogens (tertiary/aromatic N) is 3. The highest BCUT2D eigenvalue weighted by molar-refractivity contribution is 5.81. The van der Waals surface area contributed by atoms with Crippen molar-refractivity contribution in [2.24, 2.45) is 0 Å². The third-order valence-corrected chi connectivity index (χ3v) is 5.45. The number of phenols is 1. The molecule has 1 N–H and O–H groups in total. The molecule has 1 aromatic carbocycles. The molecule has 1 aromatic heterocycles. The molecule has 1 amide bonds. The summed E-state index contributed by atoms with van der Waals surface area (Å²) in [7, 11) is 1.50. The fourth-order valence-corrected chi connectivity index (χ4v) is 4.03. The highest BCUT2D eigenvalue weighted by Gasteiger charge is 2.31. The SMILES string of the molecule is COc1cc(C=C2CCn3c2nc(=O)c2c3CCN(C(=O)OC(C)(C)C)C2)ccc1O. The fourth-order valence-electron chi connectivity index (χ4n) is 4.03. The number of carbonyl (C=O) groups excluding carboxylic acids is 1. The molecule has 0 fully saturated rings. The summed E-state index contributed by atoms with van der Waals surface area (Å²) in [6, 6.07) is 5.13. The summed E-state index contributed by atoms with van der Waals surface area (Å²) >= 11 is 0. The van der Waals surface area contributed by atoms with E-state index < -0.39 is 11.7 Å². The van der Waals surface area contributed by atoms with Crippen molar-refractivity contribution < 1.29 is 19.4 Å². The zero-order valence-electron chi connectivity index (χ0n) is 18.3. The van der Waals surface area contributed by atoms with Gasteiger partial charge in [0, 0.05) is 25.2 Å². The molecule has 164 valence electrons. The quantitative estimate of drug-likeness (QED) is 0.794. The van der Waals surface area contributed by atoms with Gasteiger partial charge in [-0.1, -0.05) is 6.07 Å². The molecule has 0 saturated heterocycles. The van der Waals surface area contributed by atoms with Gasteiger partial charge in [-0.2, -0.15) is 4.98 Å². The second-order valence-electron chi connectivity index (χ2n) is 8.82. The van der Waals surface area contributed by atoms with Crippen molar-refractivity contribution in [3.63, 3.8) is 0 Å². The minimum absolute atomic E-state index is 0.0782. The first-order valence-electron chi connectivity index (χ1n) is 10.3. The zero-order valence-corrected chi connectivity index (χ0v) is 18.3. The Balaban J connectivity index is 1.64. The number of hydrogen-bond donors (Lipinski definition) is 1. The first kappa shape index (κ1) is 21.0. The average molecular weight is 425 g/mol. The number of phenolic OH excluding ortho intramolecular Hbond substituents is 1. The number of methoxy groups -OCH3 is 1. The molecule has 4 rings (SSSR count). The summed E-state index contributed by atoms with van der Waals surface area (Å²) in [6.07, 6.45) is 2.89. The predicted molar refractivity (Wildman–Crippen MR) is 116 cm³/mol. The van der Waals surface area contributed by atoms with Crippen molar-refractivity contribution in [2.45, 2.75) is 52.3 Å². The van der Waals surface area contributed by atoms with E-state index in [-0.39, 0.29) is 17.9 Å². The Labute approximate surface area is 180 Å². The molecule has 0 atom stereocenters. The summed E-state index contributed by atoms with van der Waals surface area (Å²) in [5.41, 5.74) is 2.45. The van der Waals surface area contributed by atoms with E-state index in [9.17, 15) is 14.7 Å². The number of benzene rings is 1. The van der Waals surface area contributed by atoms with Crippen LogP contribution in [0.25, 0.3) is 11.6 Å². The molecule has 2 aliphatic rings. The monoisotopic (exact) mass is 425 g/mol. The second-order valence-corrected chi connectivity index (χ2v) is 8.82. The van der Waals surface area contributed by atoms with Crippen LogP contribution in [0.4, 0.5) is 4.79 Å². The Morgan fingerprint density at radius 1 is 1.23 bits per heavy atom. The lowest BCUT2D eigenvalue weighted by Crippen LogP contribution is -2.43. The number of hydrogen-bond acceptors (Lipinski definition) is 6. The Hall–Kier alpha value is -3.29. The number of aromatic hydroxyl groups is 1. The number of aromatic nitrogens is 2. The Morgan fingerprint density at radius 3 is 2.71 bits per heavy atom. The van der Waals surface area contributed by atoms with Crippen LogP contribution in [-0.4, -0.2) is 44.9 Å². The number of rotatable bonds is 2. The average Bonchev–Trinajstić information content (AvgIpc) is 3.10. The van der Waals surface area contributed by atoms with E-state index in [4.69, 9.17) is 9.47 Å². The molecule has 2 aliphatic heterocycles. The van der Waals surface area contributed by atoms with Crippen molar-refractivity contribution in [2.75, 3.05) is 13.7 Å². The van der Waals surface area contributed by atoms with Crippen LogP contribution in [0.15, 0.2) is 23.0 Å². The van der Waals surface area contributed by atoms with Gasteiger partial charge in [-0.25, -0.2) is 4.79 Å². The molecular weight excluding hydrogens is 398 g/mol. The van der Waals surface area contributed by atoms with Crippen molar-refractivity contribution >= 4 is 17.7 Å². The van der Waals surface area contributed by atoms with E-state index >= 15 is 0 Å². The van der Waals surface area contributed by atoms with Crippen LogP contribution >= 0.6 is 0 Å². The molecule has 3 heterocycles. The van der Waals surface area contributed by atoms with Gasteiger partial charge in [0.25, 0.3) is 5.56 Å². The van der Waals surface area contributed by atoms with Gasteiger partial charge in [0.15, 0.2) is 11.5 Å². The normalized spacial score (nSPS) is 16.8. The van der Waals surface area contributed by atoms with E-state index in [0.29, 0.717) is 30.1 Å². The van der Waals surface area contributed by atoms with Crippen molar-refractivity contribution in [1.82, 2.24) is 14.5 Å². The number of carbonyl (C=O) groups is 1. The highest BCUT2D eigenvalue weighted by atomic mass is 16.6. The van der Waals surface area contributed by atoms with Gasteiger partial charge in [0.05, 0.1) is 19.2 Å². The van der Waals surface area contributed by atoms with Crippen LogP contribution in [0.3, 0.4) is 0 Å². The fraction of sp³-hybridized carbons (Fsp3) is 0.435. The van der Waals surface area contributed by atoms with Gasteiger partial charge in [-0.05, 0) is 56.5 Å². The first-order chi connectivity index (χ1) is 14.7. The van der Waals surface area contributed by atoms with Gasteiger partial charge >= 0.3 is 6.09 Å². The molecule has 0 unspecified atom stereocenters. The molecule has 0 bridgehead atoms. The maximum atomic E-state index is 12.8. The largest absolute Gasteiger partial charge is 0.504 e. The van der Waals surface area contributed by atoms with Crippen LogP contribution in [0.5, 0.6) is 11.5 Å². The molecule has 0 saturated carbocycles. The topological polar surface area (TPSA) is 93.9 Å². The Bertz CT molecular complexity index is 1130. The summed E-state index contributed by atoms with van der Waals surface area (Å²) < 4.78 is 12.7. The van der Waals surface area contributed by atoms with Crippen LogP contribution in [0, 0.1) is 0 Å². The molecule has 2 aromatic rings. The molecule has 31 heavy (non-hydrogen) atoms. The third-order valence-electron chi connectivity index (χ3n) is 5.45. The van der Waals surface area contributed by atoms with Crippen LogP contribution in [-0.2, 0) is 24.2 Å². The van der Waals surface area contributed by atoms with Crippen molar-refractivity contribution in [3.05, 3.63) is 51.2 Å². The summed E-state index contributed by atoms with van der Waals surface area (Å²) in [4.78, 5) is 31.2. The summed E-state index contributed by atoms with van der Waals surface area (Å²) in [6.45, 7) is 6.92. The van der Waals surface area contributed by atoms with Gasteiger partial charge in [0.1, 0.15) is 11.4 Å². The third kappa shape index (κ3) is 4.15. The lowest BCUT2D eigenvalue weighted by Gasteiger charge is -2.31. The number of amides is 1. The maximum absolute atomic E-state index is 12.8. The standard InChI is InChI=1S/C23H27N3O5/c1-23(2,3)31-22(29)25-9-8-17-16(13-25)21(28)24-20-15(7-10-26(17)20)11-14-5-6-18(27)19(12-14)30-4/h5-6,11-12,27H,7-10,13H2,1-4H3. The number of fused-ring (bicyclic) bond motifs is 3. The van der Waals surface area contributed by atoms with Crippen LogP contribution in [0.2, 0.25) is 0 Å². The van der Waals surface area contributed by atoms with E-state index in [1.807, 2.05) is 26.8 Å². The summed E-state index contributed by atoms with van der Waals surface area (Å²) in [5, 5.41) is 9.80. The molecule has 8 nitrogen and oxygen atoms in total. The van der Waals surface area contributed by atoms with E-state index in [0.717, 1.165) is 29.8 Å². The van der Waals surface area contributed by atoms with Crippen molar-refractivity contribution in [1.29, 1.82) is 0 Å². The van der Waals surface area contributed by atoms with Crippen LogP contribution < -0.4 is 10.3 Å². The minimum Gasteiger partial charge on any atom is -0.504 e. The predicted octanol–water partition coefficient (Wildman–Crippen LogP) is 3.20. The Kier molecular flexibility index (Phi) is 5.24. The molecule has 8 heteroatoms. The number of ether oxygens (including phenoxy) is 2. The molecule has 0 radical (unpaired) electrons. The van der Waals surface area contributed by atoms with Crippen molar-refractivity contribution in [3.8, 4) is 11.5 Å². The van der Waals surface area contributed by atoms with Gasteiger partial charge < -0.3 is 24.0 Å². The zero-order chi connectivity index (χ0) is 22.3. The van der Waals surface area contributed by atoms with E-state index in [2.05, 4.69) is 9.55 Å². The Morgan fingerprint density at radius 2 is 2.00 bits per heavy atom. The van der Waals surface area contributed by atoms with Gasteiger partial charge in [-0.15, -0.1) is 0 Å². The molecule has 0 spiro atoms. The van der Waals surface area contributed by atoms with Gasteiger partial charge in [-0.3, -0.25) is 4.79 Å². The summed E-state index contributed by atoms with van der Waals surface area (Å²) in [5.74, 6) is 1.14. The van der Waals surface area contributed by atoms with Gasteiger partial charge in [0.2, 0.25) is 0 Å². The van der Waals surface area contributed by atoms with E-state index in [1.165, 1.54) is 7.11 Å². The lowest BCUT2D eigenvalue weighted by atomic mass is 10.1. The minimum atomic E-state index is -0.584. The highest BCUT2D eigenvalue weighted by Crippen LogP contribution is 2.33. The number of allylic oxidation sites excluding steroid dienone is 1. The smallest absolute Gasteiger partial charge is 0.410 e. The lowest BCUT2D eigenvalue weighted by molar-refractivity contribution is 0.0220. The van der Waals surface area contributed by atoms with Crippen LogP contribution in [0.1, 0.15) is 49.8 Å².